The van der Waals surface area contributed by atoms with E-state index in [2.05, 4.69) is 10.8 Å². The van der Waals surface area contributed by atoms with Gasteiger partial charge in [0, 0.05) is 12.5 Å². The van der Waals surface area contributed by atoms with E-state index in [0.717, 1.165) is 0 Å². The highest BCUT2D eigenvalue weighted by Gasteiger charge is 2.10. The highest BCUT2D eigenvalue weighted by Crippen LogP contribution is 1.90. The second-order valence-corrected chi connectivity index (χ2v) is 2.36. The number of nitrogens with one attached hydrogen (secondary N) is 2. The SMILES string of the molecule is CCONC(=O)C(C)CNC. The minimum atomic E-state index is -0.0822. The van der Waals surface area contributed by atoms with Gasteiger partial charge in [0.2, 0.25) is 5.91 Å². The Morgan fingerprint density at radius 2 is 2.27 bits per heavy atom. The van der Waals surface area contributed by atoms with Crippen LogP contribution in [-0.2, 0) is 9.63 Å². The van der Waals surface area contributed by atoms with E-state index in [4.69, 9.17) is 4.84 Å². The first-order chi connectivity index (χ1) is 5.22. The molecule has 0 rings (SSSR count). The predicted molar refractivity (Wildman–Crippen MR) is 42.9 cm³/mol. The minimum absolute atomic E-state index is 0.0495. The monoisotopic (exact) mass is 160 g/mol. The summed E-state index contributed by atoms with van der Waals surface area (Å²) in [7, 11) is 1.81. The van der Waals surface area contributed by atoms with Gasteiger partial charge in [0.05, 0.1) is 6.61 Å². The van der Waals surface area contributed by atoms with E-state index in [9.17, 15) is 4.79 Å². The maximum Gasteiger partial charge on any atom is 0.247 e. The van der Waals surface area contributed by atoms with Crippen LogP contribution in [0.1, 0.15) is 13.8 Å². The van der Waals surface area contributed by atoms with Crippen molar-refractivity contribution < 1.29 is 9.63 Å². The molecule has 2 N–H and O–H groups in total. The predicted octanol–water partition coefficient (Wildman–Crippen LogP) is -0.0904. The molecule has 0 aromatic rings. The van der Waals surface area contributed by atoms with Gasteiger partial charge in [-0.05, 0) is 14.0 Å². The highest BCUT2D eigenvalue weighted by atomic mass is 16.6. The second kappa shape index (κ2) is 6.12. The van der Waals surface area contributed by atoms with Gasteiger partial charge in [0.15, 0.2) is 0 Å². The van der Waals surface area contributed by atoms with Crippen LogP contribution in [0, 0.1) is 5.92 Å². The van der Waals surface area contributed by atoms with Crippen molar-refractivity contribution in [1.29, 1.82) is 0 Å². The van der Waals surface area contributed by atoms with Gasteiger partial charge in [-0.1, -0.05) is 6.92 Å². The average molecular weight is 160 g/mol. The van der Waals surface area contributed by atoms with E-state index < -0.39 is 0 Å². The van der Waals surface area contributed by atoms with Gasteiger partial charge in [-0.25, -0.2) is 5.48 Å². The standard InChI is InChI=1S/C7H16N2O2/c1-4-11-9-7(10)6(2)5-8-3/h6,8H,4-5H2,1-3H3,(H,9,10). The third-order valence-electron chi connectivity index (χ3n) is 1.27. The van der Waals surface area contributed by atoms with Crippen LogP contribution in [0.5, 0.6) is 0 Å². The zero-order chi connectivity index (χ0) is 8.69. The molecule has 1 amide bonds. The molecule has 4 heteroatoms. The summed E-state index contributed by atoms with van der Waals surface area (Å²) in [6.07, 6.45) is 0. The molecule has 0 saturated heterocycles. The molecule has 0 radical (unpaired) electrons. The molecular formula is C7H16N2O2. The van der Waals surface area contributed by atoms with Crippen molar-refractivity contribution in [2.75, 3.05) is 20.2 Å². The summed E-state index contributed by atoms with van der Waals surface area (Å²) in [4.78, 5) is 15.8. The van der Waals surface area contributed by atoms with E-state index in [1.807, 2.05) is 20.9 Å². The zero-order valence-electron chi connectivity index (χ0n) is 7.31. The molecule has 11 heavy (non-hydrogen) atoms. The van der Waals surface area contributed by atoms with Crippen LogP contribution in [0.25, 0.3) is 0 Å². The number of hydroxylamine groups is 1. The lowest BCUT2D eigenvalue weighted by Crippen LogP contribution is -2.34. The molecule has 1 atom stereocenters. The van der Waals surface area contributed by atoms with Crippen molar-refractivity contribution in [1.82, 2.24) is 10.8 Å². The Morgan fingerprint density at radius 3 is 2.73 bits per heavy atom. The van der Waals surface area contributed by atoms with E-state index in [-0.39, 0.29) is 11.8 Å². The zero-order valence-corrected chi connectivity index (χ0v) is 7.31. The van der Waals surface area contributed by atoms with Crippen molar-refractivity contribution >= 4 is 5.91 Å². The highest BCUT2D eigenvalue weighted by molar-refractivity contribution is 5.77. The van der Waals surface area contributed by atoms with Crippen molar-refractivity contribution in [2.24, 2.45) is 5.92 Å². The van der Waals surface area contributed by atoms with Crippen LogP contribution in [-0.4, -0.2) is 26.1 Å². The molecule has 0 aromatic heterocycles. The molecule has 0 heterocycles. The third-order valence-corrected chi connectivity index (χ3v) is 1.27. The van der Waals surface area contributed by atoms with Crippen molar-refractivity contribution in [2.45, 2.75) is 13.8 Å². The smallest absolute Gasteiger partial charge is 0.247 e. The first kappa shape index (κ1) is 10.4. The first-order valence-corrected chi connectivity index (χ1v) is 3.78. The Balaban J connectivity index is 3.47. The maximum atomic E-state index is 11.0. The van der Waals surface area contributed by atoms with Gasteiger partial charge < -0.3 is 5.32 Å². The average Bonchev–Trinajstić information content (AvgIpc) is 2.00. The van der Waals surface area contributed by atoms with E-state index in [1.165, 1.54) is 0 Å². The Bertz CT molecular complexity index is 117. The fourth-order valence-electron chi connectivity index (χ4n) is 0.643. The molecule has 1 unspecified atom stereocenters. The van der Waals surface area contributed by atoms with Gasteiger partial charge in [-0.15, -0.1) is 0 Å². The van der Waals surface area contributed by atoms with Gasteiger partial charge >= 0.3 is 0 Å². The van der Waals surface area contributed by atoms with Crippen molar-refractivity contribution in [3.63, 3.8) is 0 Å². The van der Waals surface area contributed by atoms with Gasteiger partial charge in [-0.2, -0.15) is 0 Å². The fourth-order valence-corrected chi connectivity index (χ4v) is 0.643. The third kappa shape index (κ3) is 4.75. The Hall–Kier alpha value is -0.610. The van der Waals surface area contributed by atoms with E-state index in [0.29, 0.717) is 13.2 Å². The Morgan fingerprint density at radius 1 is 1.64 bits per heavy atom. The summed E-state index contributed by atoms with van der Waals surface area (Å²) in [6, 6.07) is 0. The number of amides is 1. The van der Waals surface area contributed by atoms with Crippen molar-refractivity contribution in [3.8, 4) is 0 Å². The number of carbonyl (C=O) groups excluding carboxylic acids is 1. The quantitative estimate of drug-likeness (QED) is 0.553. The molecule has 0 bridgehead atoms. The summed E-state index contributed by atoms with van der Waals surface area (Å²) in [5.41, 5.74) is 2.34. The van der Waals surface area contributed by atoms with Crippen LogP contribution < -0.4 is 10.8 Å². The van der Waals surface area contributed by atoms with Crippen LogP contribution in [0.4, 0.5) is 0 Å². The number of hydrogen-bond acceptors (Lipinski definition) is 3. The number of carbonyl (C=O) groups is 1. The molecule has 0 aromatic carbocycles. The van der Waals surface area contributed by atoms with Gasteiger partial charge in [0.1, 0.15) is 0 Å². The Labute approximate surface area is 67.3 Å². The molecular weight excluding hydrogens is 144 g/mol. The van der Waals surface area contributed by atoms with Gasteiger partial charge in [0.25, 0.3) is 0 Å². The molecule has 4 nitrogen and oxygen atoms in total. The van der Waals surface area contributed by atoms with Crippen LogP contribution >= 0.6 is 0 Å². The fraction of sp³-hybridized carbons (Fsp3) is 0.857. The summed E-state index contributed by atoms with van der Waals surface area (Å²) in [5, 5.41) is 2.91. The molecule has 0 aliphatic carbocycles. The van der Waals surface area contributed by atoms with Crippen molar-refractivity contribution in [3.05, 3.63) is 0 Å². The molecule has 0 aliphatic heterocycles. The van der Waals surface area contributed by atoms with Gasteiger partial charge in [-0.3, -0.25) is 9.63 Å². The van der Waals surface area contributed by atoms with E-state index >= 15 is 0 Å². The molecule has 0 fully saturated rings. The Kier molecular flexibility index (Phi) is 5.78. The normalized spacial score (nSPS) is 12.6. The topological polar surface area (TPSA) is 50.4 Å². The molecule has 66 valence electrons. The number of rotatable bonds is 5. The lowest BCUT2D eigenvalue weighted by Gasteiger charge is -2.09. The van der Waals surface area contributed by atoms with Crippen LogP contribution in [0.3, 0.4) is 0 Å². The summed E-state index contributed by atoms with van der Waals surface area (Å²) >= 11 is 0. The first-order valence-electron chi connectivity index (χ1n) is 3.78. The maximum absolute atomic E-state index is 11.0. The van der Waals surface area contributed by atoms with E-state index in [1.54, 1.807) is 0 Å². The van der Waals surface area contributed by atoms with Crippen LogP contribution in [0.15, 0.2) is 0 Å². The summed E-state index contributed by atoms with van der Waals surface area (Å²) in [5.74, 6) is -0.132. The molecule has 0 aliphatic rings. The second-order valence-electron chi connectivity index (χ2n) is 2.36. The summed E-state index contributed by atoms with van der Waals surface area (Å²) < 4.78 is 0. The van der Waals surface area contributed by atoms with Crippen LogP contribution in [0.2, 0.25) is 0 Å². The molecule has 0 saturated carbocycles. The molecule has 0 spiro atoms. The number of hydrogen-bond donors (Lipinski definition) is 2. The lowest BCUT2D eigenvalue weighted by molar-refractivity contribution is -0.136. The lowest BCUT2D eigenvalue weighted by atomic mass is 10.2. The minimum Gasteiger partial charge on any atom is -0.319 e. The summed E-state index contributed by atoms with van der Waals surface area (Å²) in [6.45, 7) is 4.82. The largest absolute Gasteiger partial charge is 0.319 e.